The molecule has 4 N–H and O–H groups in total. The van der Waals surface area contributed by atoms with E-state index in [9.17, 15) is 4.79 Å². The topological polar surface area (TPSA) is 94.5 Å². The molecule has 0 atom stereocenters. The number of anilines is 1. The van der Waals surface area contributed by atoms with Crippen LogP contribution in [0.5, 0.6) is 0 Å². The minimum atomic E-state index is -0.558. The number of morpholine rings is 1. The van der Waals surface area contributed by atoms with Gasteiger partial charge in [0.25, 0.3) is 5.91 Å². The van der Waals surface area contributed by atoms with Crippen LogP contribution >= 0.6 is 0 Å². The average molecular weight is 350 g/mol. The highest BCUT2D eigenvalue weighted by Crippen LogP contribution is 2.30. The van der Waals surface area contributed by atoms with E-state index in [2.05, 4.69) is 28.1 Å². The Balaban J connectivity index is 1.79. The van der Waals surface area contributed by atoms with Crippen molar-refractivity contribution < 1.29 is 9.53 Å². The van der Waals surface area contributed by atoms with E-state index in [4.69, 9.17) is 16.2 Å². The maximum Gasteiger partial charge on any atom is 0.252 e. The number of ether oxygens (including phenoxy) is 1. The molecule has 2 aromatic carbocycles. The van der Waals surface area contributed by atoms with Crippen molar-refractivity contribution in [2.24, 2.45) is 5.73 Å². The lowest BCUT2D eigenvalue weighted by atomic mass is 9.97. The predicted octanol–water partition coefficient (Wildman–Crippen LogP) is 1.94. The Bertz CT molecular complexity index is 980. The van der Waals surface area contributed by atoms with E-state index in [1.165, 1.54) is 10.9 Å². The molecule has 0 aliphatic carbocycles. The second kappa shape index (κ2) is 6.90. The number of carbonyl (C=O) groups is 1. The molecule has 4 rings (SSSR count). The molecule has 1 aliphatic rings. The Morgan fingerprint density at radius 1 is 1.12 bits per heavy atom. The van der Waals surface area contributed by atoms with Gasteiger partial charge in [-0.3, -0.25) is 9.69 Å². The van der Waals surface area contributed by atoms with Crippen molar-refractivity contribution in [3.63, 3.8) is 0 Å². The number of primary amides is 1. The summed E-state index contributed by atoms with van der Waals surface area (Å²) in [4.78, 5) is 18.5. The number of amides is 1. The van der Waals surface area contributed by atoms with E-state index in [0.717, 1.165) is 55.6 Å². The zero-order chi connectivity index (χ0) is 18.1. The molecule has 1 saturated heterocycles. The van der Waals surface area contributed by atoms with Crippen molar-refractivity contribution in [2.75, 3.05) is 38.6 Å². The first-order valence-corrected chi connectivity index (χ1v) is 8.84. The Morgan fingerprint density at radius 2 is 1.85 bits per heavy atom. The Morgan fingerprint density at radius 3 is 2.58 bits per heavy atom. The van der Waals surface area contributed by atoms with E-state index in [1.54, 1.807) is 6.07 Å². The standard InChI is InChI=1S/C20H22N4O2/c21-19-17(20(22)25)12-16-15-4-2-1-3-14(15)13(11-18(16)23-19)5-6-24-7-9-26-10-8-24/h1-4,11-12H,5-10H2,(H2,21,23)(H2,22,25). The maximum absolute atomic E-state index is 11.6. The molecule has 6 heteroatoms. The summed E-state index contributed by atoms with van der Waals surface area (Å²) in [6, 6.07) is 12.0. The molecule has 0 saturated carbocycles. The molecule has 1 aliphatic heterocycles. The number of carbonyl (C=O) groups excluding carboxylic acids is 1. The van der Waals surface area contributed by atoms with Gasteiger partial charge in [0.1, 0.15) is 5.82 Å². The van der Waals surface area contributed by atoms with E-state index in [-0.39, 0.29) is 11.4 Å². The Labute approximate surface area is 151 Å². The number of fused-ring (bicyclic) bond motifs is 3. The summed E-state index contributed by atoms with van der Waals surface area (Å²) < 4.78 is 5.42. The number of hydrogen-bond acceptors (Lipinski definition) is 5. The van der Waals surface area contributed by atoms with Gasteiger partial charge in [0.2, 0.25) is 0 Å². The van der Waals surface area contributed by atoms with Gasteiger partial charge in [0.15, 0.2) is 0 Å². The number of aromatic nitrogens is 1. The second-order valence-corrected chi connectivity index (χ2v) is 6.64. The molecular weight excluding hydrogens is 328 g/mol. The van der Waals surface area contributed by atoms with Crippen LogP contribution in [0.25, 0.3) is 21.7 Å². The summed E-state index contributed by atoms with van der Waals surface area (Å²) in [6.45, 7) is 4.52. The van der Waals surface area contributed by atoms with Gasteiger partial charge in [-0.1, -0.05) is 24.3 Å². The number of nitrogen functional groups attached to an aromatic ring is 1. The monoisotopic (exact) mass is 350 g/mol. The molecule has 1 fully saturated rings. The van der Waals surface area contributed by atoms with Gasteiger partial charge in [0.05, 0.1) is 24.3 Å². The fourth-order valence-corrected chi connectivity index (χ4v) is 3.62. The van der Waals surface area contributed by atoms with Crippen LogP contribution in [0.3, 0.4) is 0 Å². The minimum absolute atomic E-state index is 0.180. The van der Waals surface area contributed by atoms with Crippen LogP contribution in [-0.2, 0) is 11.2 Å². The third kappa shape index (κ3) is 3.09. The lowest BCUT2D eigenvalue weighted by Crippen LogP contribution is -2.37. The van der Waals surface area contributed by atoms with Crippen LogP contribution in [0.15, 0.2) is 36.4 Å². The van der Waals surface area contributed by atoms with Crippen LogP contribution in [-0.4, -0.2) is 48.6 Å². The normalized spacial score (nSPS) is 15.5. The Kier molecular flexibility index (Phi) is 4.44. The fraction of sp³-hybridized carbons (Fsp3) is 0.300. The van der Waals surface area contributed by atoms with Gasteiger partial charge in [-0.25, -0.2) is 4.98 Å². The molecule has 3 aromatic rings. The number of rotatable bonds is 4. The first-order valence-electron chi connectivity index (χ1n) is 8.84. The molecule has 0 unspecified atom stereocenters. The van der Waals surface area contributed by atoms with Crippen molar-refractivity contribution in [3.8, 4) is 0 Å². The van der Waals surface area contributed by atoms with Gasteiger partial charge < -0.3 is 16.2 Å². The first-order chi connectivity index (χ1) is 12.6. The Hall–Kier alpha value is -2.70. The maximum atomic E-state index is 11.6. The molecule has 1 amide bonds. The van der Waals surface area contributed by atoms with Crippen molar-refractivity contribution in [2.45, 2.75) is 6.42 Å². The van der Waals surface area contributed by atoms with Crippen LogP contribution in [0, 0.1) is 0 Å². The summed E-state index contributed by atoms with van der Waals surface area (Å²) >= 11 is 0. The van der Waals surface area contributed by atoms with Crippen molar-refractivity contribution >= 4 is 33.4 Å². The SMILES string of the molecule is NC(=O)c1cc2c(cc(CCN3CCOCC3)c3ccccc32)nc1N. The van der Waals surface area contributed by atoms with Gasteiger partial charge in [-0.2, -0.15) is 0 Å². The molecule has 134 valence electrons. The minimum Gasteiger partial charge on any atom is -0.383 e. The fourth-order valence-electron chi connectivity index (χ4n) is 3.62. The van der Waals surface area contributed by atoms with Crippen LogP contribution in [0.2, 0.25) is 0 Å². The largest absolute Gasteiger partial charge is 0.383 e. The highest BCUT2D eigenvalue weighted by atomic mass is 16.5. The number of hydrogen-bond donors (Lipinski definition) is 2. The molecule has 6 nitrogen and oxygen atoms in total. The average Bonchev–Trinajstić information content (AvgIpc) is 2.66. The van der Waals surface area contributed by atoms with Crippen molar-refractivity contribution in [1.82, 2.24) is 9.88 Å². The quantitative estimate of drug-likeness (QED) is 0.701. The molecule has 1 aromatic heterocycles. The second-order valence-electron chi connectivity index (χ2n) is 6.64. The smallest absolute Gasteiger partial charge is 0.252 e. The van der Waals surface area contributed by atoms with Gasteiger partial charge in [-0.15, -0.1) is 0 Å². The van der Waals surface area contributed by atoms with E-state index in [1.807, 2.05) is 12.1 Å². The van der Waals surface area contributed by atoms with Gasteiger partial charge in [0, 0.05) is 25.0 Å². The summed E-state index contributed by atoms with van der Waals surface area (Å²) in [5, 5.41) is 3.14. The molecule has 0 bridgehead atoms. The summed E-state index contributed by atoms with van der Waals surface area (Å²) in [5.41, 5.74) is 13.7. The van der Waals surface area contributed by atoms with Crippen molar-refractivity contribution in [3.05, 3.63) is 47.5 Å². The van der Waals surface area contributed by atoms with E-state index in [0.29, 0.717) is 0 Å². The molecular formula is C20H22N4O2. The van der Waals surface area contributed by atoms with E-state index >= 15 is 0 Å². The zero-order valence-electron chi connectivity index (χ0n) is 14.6. The molecule has 26 heavy (non-hydrogen) atoms. The van der Waals surface area contributed by atoms with E-state index < -0.39 is 5.91 Å². The highest BCUT2D eigenvalue weighted by molar-refractivity contribution is 6.11. The number of nitrogens with two attached hydrogens (primary N) is 2. The van der Waals surface area contributed by atoms with Gasteiger partial charge in [-0.05, 0) is 34.9 Å². The lowest BCUT2D eigenvalue weighted by Gasteiger charge is -2.26. The number of pyridine rings is 1. The molecule has 0 radical (unpaired) electrons. The molecule has 0 spiro atoms. The van der Waals surface area contributed by atoms with Crippen LogP contribution in [0.4, 0.5) is 5.82 Å². The molecule has 2 heterocycles. The zero-order valence-corrected chi connectivity index (χ0v) is 14.6. The third-order valence-corrected chi connectivity index (χ3v) is 5.02. The predicted molar refractivity (Wildman–Crippen MR) is 103 cm³/mol. The third-order valence-electron chi connectivity index (χ3n) is 5.02. The summed E-state index contributed by atoms with van der Waals surface area (Å²) in [5.74, 6) is -0.378. The first kappa shape index (κ1) is 16.8. The van der Waals surface area contributed by atoms with Crippen LogP contribution < -0.4 is 11.5 Å². The highest BCUT2D eigenvalue weighted by Gasteiger charge is 2.15. The van der Waals surface area contributed by atoms with Gasteiger partial charge >= 0.3 is 0 Å². The number of benzene rings is 2. The lowest BCUT2D eigenvalue weighted by molar-refractivity contribution is 0.0385. The van der Waals surface area contributed by atoms with Crippen molar-refractivity contribution in [1.29, 1.82) is 0 Å². The van der Waals surface area contributed by atoms with Crippen LogP contribution in [0.1, 0.15) is 15.9 Å². The summed E-state index contributed by atoms with van der Waals surface area (Å²) in [6.07, 6.45) is 0.926. The number of nitrogens with zero attached hydrogens (tertiary/aromatic N) is 2. The summed E-state index contributed by atoms with van der Waals surface area (Å²) in [7, 11) is 0.